The van der Waals surface area contributed by atoms with Gasteiger partial charge in [-0.05, 0) is 43.1 Å². The van der Waals surface area contributed by atoms with Crippen LogP contribution in [-0.2, 0) is 0 Å². The van der Waals surface area contributed by atoms with Crippen molar-refractivity contribution in [3.63, 3.8) is 0 Å². The summed E-state index contributed by atoms with van der Waals surface area (Å²) in [6, 6.07) is 0. The van der Waals surface area contributed by atoms with E-state index in [0.29, 0.717) is 0 Å². The molecule has 0 radical (unpaired) electrons. The zero-order valence-corrected chi connectivity index (χ0v) is 8.71. The summed E-state index contributed by atoms with van der Waals surface area (Å²) in [6.07, 6.45) is 17.8. The number of rotatable bonds is 0. The van der Waals surface area contributed by atoms with Gasteiger partial charge in [-0.15, -0.1) is 0 Å². The van der Waals surface area contributed by atoms with Crippen molar-refractivity contribution in [1.82, 2.24) is 0 Å². The fourth-order valence-corrected chi connectivity index (χ4v) is 3.50. The molecular weight excluding hydrogens is 168 g/mol. The molecule has 3 aliphatic carbocycles. The molecule has 0 amide bonds. The third kappa shape index (κ3) is 1.28. The molecule has 0 heterocycles. The van der Waals surface area contributed by atoms with Crippen LogP contribution in [-0.4, -0.2) is 0 Å². The zero-order chi connectivity index (χ0) is 9.38. The van der Waals surface area contributed by atoms with E-state index in [-0.39, 0.29) is 0 Å². The minimum atomic E-state index is 0.935. The molecule has 0 aromatic heterocycles. The van der Waals surface area contributed by atoms with Crippen LogP contribution < -0.4 is 0 Å². The van der Waals surface area contributed by atoms with Crippen LogP contribution in [0.5, 0.6) is 0 Å². The minimum Gasteiger partial charge on any atom is -0.0617 e. The average molecular weight is 186 g/mol. The summed E-state index contributed by atoms with van der Waals surface area (Å²) in [5, 5.41) is 0. The molecule has 0 aromatic rings. The molecule has 0 heteroatoms. The van der Waals surface area contributed by atoms with Gasteiger partial charge in [0.1, 0.15) is 0 Å². The smallest absolute Gasteiger partial charge is 0.0191 e. The summed E-state index contributed by atoms with van der Waals surface area (Å²) in [5.74, 6) is 1.87. The van der Waals surface area contributed by atoms with Crippen LogP contribution in [0, 0.1) is 11.8 Å². The number of hydrogen-bond donors (Lipinski definition) is 0. The maximum absolute atomic E-state index is 2.31. The van der Waals surface area contributed by atoms with E-state index in [2.05, 4.69) is 24.3 Å². The molecule has 0 spiro atoms. The Morgan fingerprint density at radius 1 is 0.786 bits per heavy atom. The first-order valence-corrected chi connectivity index (χ1v) is 6.04. The molecule has 0 N–H and O–H groups in total. The van der Waals surface area contributed by atoms with Crippen molar-refractivity contribution >= 4 is 0 Å². The van der Waals surface area contributed by atoms with Gasteiger partial charge in [0.05, 0.1) is 0 Å². The van der Waals surface area contributed by atoms with Crippen LogP contribution in [0.2, 0.25) is 0 Å². The Labute approximate surface area is 86.4 Å². The normalized spacial score (nSPS) is 35.4. The van der Waals surface area contributed by atoms with Crippen LogP contribution in [0.15, 0.2) is 35.5 Å². The topological polar surface area (TPSA) is 0 Å². The summed E-state index contributed by atoms with van der Waals surface area (Å²) in [7, 11) is 0. The Kier molecular flexibility index (Phi) is 2.08. The van der Waals surface area contributed by atoms with Gasteiger partial charge < -0.3 is 0 Å². The Morgan fingerprint density at radius 2 is 1.29 bits per heavy atom. The highest BCUT2D eigenvalue weighted by Crippen LogP contribution is 2.46. The average Bonchev–Trinajstić information content (AvgIpc) is 2.69. The lowest BCUT2D eigenvalue weighted by atomic mass is 9.67. The summed E-state index contributed by atoms with van der Waals surface area (Å²) < 4.78 is 0. The first-order valence-electron chi connectivity index (χ1n) is 6.04. The second kappa shape index (κ2) is 3.42. The molecule has 2 bridgehead atoms. The largest absolute Gasteiger partial charge is 0.0617 e. The SMILES string of the molecule is C1=CC(=C2C3CCCC2CCC3)C=C1. The second-order valence-electron chi connectivity index (χ2n) is 4.88. The number of hydrogen-bond acceptors (Lipinski definition) is 0. The third-order valence-corrected chi connectivity index (χ3v) is 4.09. The Bertz CT molecular complexity index is 279. The van der Waals surface area contributed by atoms with Gasteiger partial charge in [0, 0.05) is 0 Å². The van der Waals surface area contributed by atoms with Crippen molar-refractivity contribution in [1.29, 1.82) is 0 Å². The van der Waals surface area contributed by atoms with Crippen molar-refractivity contribution in [2.45, 2.75) is 38.5 Å². The minimum absolute atomic E-state index is 0.935. The van der Waals surface area contributed by atoms with E-state index in [9.17, 15) is 0 Å². The summed E-state index contributed by atoms with van der Waals surface area (Å²) in [5.41, 5.74) is 3.37. The van der Waals surface area contributed by atoms with Crippen molar-refractivity contribution in [2.24, 2.45) is 11.8 Å². The van der Waals surface area contributed by atoms with Crippen molar-refractivity contribution in [3.05, 3.63) is 35.5 Å². The Morgan fingerprint density at radius 3 is 1.79 bits per heavy atom. The van der Waals surface area contributed by atoms with Crippen molar-refractivity contribution in [3.8, 4) is 0 Å². The van der Waals surface area contributed by atoms with Crippen LogP contribution in [0.3, 0.4) is 0 Å². The Balaban J connectivity index is 2.00. The van der Waals surface area contributed by atoms with Crippen LogP contribution in [0.1, 0.15) is 38.5 Å². The molecule has 2 fully saturated rings. The van der Waals surface area contributed by atoms with E-state index < -0.39 is 0 Å². The highest BCUT2D eigenvalue weighted by molar-refractivity contribution is 5.45. The van der Waals surface area contributed by atoms with Gasteiger partial charge in [0.2, 0.25) is 0 Å². The fourth-order valence-electron chi connectivity index (χ4n) is 3.50. The van der Waals surface area contributed by atoms with Crippen LogP contribution in [0.4, 0.5) is 0 Å². The number of fused-ring (bicyclic) bond motifs is 2. The van der Waals surface area contributed by atoms with E-state index in [1.165, 1.54) is 38.5 Å². The van der Waals surface area contributed by atoms with Gasteiger partial charge in [-0.25, -0.2) is 0 Å². The third-order valence-electron chi connectivity index (χ3n) is 4.09. The summed E-state index contributed by atoms with van der Waals surface area (Å²) in [4.78, 5) is 0. The van der Waals surface area contributed by atoms with Gasteiger partial charge in [0.25, 0.3) is 0 Å². The molecule has 0 saturated heterocycles. The van der Waals surface area contributed by atoms with Gasteiger partial charge >= 0.3 is 0 Å². The molecule has 2 saturated carbocycles. The molecule has 0 aromatic carbocycles. The van der Waals surface area contributed by atoms with Gasteiger partial charge in [-0.3, -0.25) is 0 Å². The highest BCUT2D eigenvalue weighted by atomic mass is 14.4. The molecule has 3 rings (SSSR count). The predicted octanol–water partition coefficient (Wildman–Crippen LogP) is 4.01. The van der Waals surface area contributed by atoms with Gasteiger partial charge in [0.15, 0.2) is 0 Å². The van der Waals surface area contributed by atoms with E-state index in [1.54, 1.807) is 5.57 Å². The Hall–Kier alpha value is -0.780. The fraction of sp³-hybridized carbons (Fsp3) is 0.571. The maximum atomic E-state index is 2.31. The van der Waals surface area contributed by atoms with Crippen molar-refractivity contribution in [2.75, 3.05) is 0 Å². The predicted molar refractivity (Wildman–Crippen MR) is 60.0 cm³/mol. The molecule has 0 nitrogen and oxygen atoms in total. The molecule has 0 aliphatic heterocycles. The highest BCUT2D eigenvalue weighted by Gasteiger charge is 2.32. The monoisotopic (exact) mass is 186 g/mol. The first kappa shape index (κ1) is 8.52. The lowest BCUT2D eigenvalue weighted by molar-refractivity contribution is 0.276. The molecule has 3 aliphatic rings. The van der Waals surface area contributed by atoms with Gasteiger partial charge in [-0.2, -0.15) is 0 Å². The zero-order valence-electron chi connectivity index (χ0n) is 8.71. The maximum Gasteiger partial charge on any atom is -0.0191 e. The van der Waals surface area contributed by atoms with E-state index >= 15 is 0 Å². The van der Waals surface area contributed by atoms with Crippen LogP contribution >= 0.6 is 0 Å². The van der Waals surface area contributed by atoms with E-state index in [1.807, 2.05) is 5.57 Å². The first-order chi connectivity index (χ1) is 6.95. The summed E-state index contributed by atoms with van der Waals surface area (Å²) in [6.45, 7) is 0. The van der Waals surface area contributed by atoms with E-state index in [0.717, 1.165) is 11.8 Å². The lowest BCUT2D eigenvalue weighted by Gasteiger charge is -2.38. The molecule has 0 atom stereocenters. The molecular formula is C14H18. The van der Waals surface area contributed by atoms with Gasteiger partial charge in [-0.1, -0.05) is 42.7 Å². The van der Waals surface area contributed by atoms with Crippen molar-refractivity contribution < 1.29 is 0 Å². The molecule has 0 unspecified atom stereocenters. The molecule has 14 heavy (non-hydrogen) atoms. The lowest BCUT2D eigenvalue weighted by Crippen LogP contribution is -2.25. The quantitative estimate of drug-likeness (QED) is 0.536. The second-order valence-corrected chi connectivity index (χ2v) is 4.88. The number of allylic oxidation sites excluding steroid dienone is 6. The molecule has 74 valence electrons. The summed E-state index contributed by atoms with van der Waals surface area (Å²) >= 11 is 0. The van der Waals surface area contributed by atoms with Crippen LogP contribution in [0.25, 0.3) is 0 Å². The van der Waals surface area contributed by atoms with E-state index in [4.69, 9.17) is 0 Å². The standard InChI is InChI=1S/C14H18/c1-2-6-11(5-1)14-12-7-3-8-13(14)10-4-9-12/h1-2,5-6,12-13H,3-4,7-10H2.